The molecule has 0 aliphatic carbocycles. The summed E-state index contributed by atoms with van der Waals surface area (Å²) in [5.74, 6) is -0.280. The number of para-hydroxylation sites is 1. The number of hydrogen-bond donors (Lipinski definition) is 3. The maximum absolute atomic E-state index is 11.4. The minimum atomic E-state index is -0.678. The number of nitrogens with one attached hydrogen (secondary N) is 2. The predicted molar refractivity (Wildman–Crippen MR) is 66.6 cm³/mol. The molecule has 1 aromatic rings. The number of amides is 2. The van der Waals surface area contributed by atoms with Gasteiger partial charge >= 0.3 is 0 Å². The van der Waals surface area contributed by atoms with E-state index in [0.717, 1.165) is 5.56 Å². The fourth-order valence-corrected chi connectivity index (χ4v) is 1.14. The third-order valence-electron chi connectivity index (χ3n) is 2.19. The van der Waals surface area contributed by atoms with Crippen LogP contribution in [0, 0.1) is 6.92 Å². The van der Waals surface area contributed by atoms with Gasteiger partial charge in [-0.25, -0.2) is 0 Å². The molecule has 6 nitrogen and oxygen atoms in total. The standard InChI is InChI=1S/C12H17N3O3/c1-8-5-3-4-6-10(8)18-7-11(16)14-15-12(17)9(2)13/h3-6,9H,7,13H2,1-2H3,(H,14,16)(H,15,17). The van der Waals surface area contributed by atoms with Crippen molar-refractivity contribution in [3.63, 3.8) is 0 Å². The van der Waals surface area contributed by atoms with E-state index in [0.29, 0.717) is 5.75 Å². The summed E-state index contributed by atoms with van der Waals surface area (Å²) in [6.07, 6.45) is 0. The minimum Gasteiger partial charge on any atom is -0.483 e. The number of aryl methyl sites for hydroxylation is 1. The van der Waals surface area contributed by atoms with Gasteiger partial charge in [-0.3, -0.25) is 20.4 Å². The van der Waals surface area contributed by atoms with Crippen LogP contribution >= 0.6 is 0 Å². The van der Waals surface area contributed by atoms with Crippen LogP contribution in [0.25, 0.3) is 0 Å². The first-order chi connectivity index (χ1) is 8.50. The SMILES string of the molecule is Cc1ccccc1OCC(=O)NNC(=O)C(C)N. The van der Waals surface area contributed by atoms with Gasteiger partial charge in [-0.05, 0) is 25.5 Å². The molecule has 1 aromatic carbocycles. The van der Waals surface area contributed by atoms with Crippen molar-refractivity contribution in [2.75, 3.05) is 6.61 Å². The van der Waals surface area contributed by atoms with Gasteiger partial charge in [-0.2, -0.15) is 0 Å². The van der Waals surface area contributed by atoms with Crippen molar-refractivity contribution in [1.29, 1.82) is 0 Å². The summed E-state index contributed by atoms with van der Waals surface area (Å²) in [7, 11) is 0. The number of nitrogens with two attached hydrogens (primary N) is 1. The zero-order chi connectivity index (χ0) is 13.5. The second kappa shape index (κ2) is 6.61. The van der Waals surface area contributed by atoms with Crippen molar-refractivity contribution in [3.05, 3.63) is 29.8 Å². The Bertz CT molecular complexity index is 432. The highest BCUT2D eigenvalue weighted by molar-refractivity contribution is 5.85. The van der Waals surface area contributed by atoms with Gasteiger partial charge in [0.25, 0.3) is 11.8 Å². The minimum absolute atomic E-state index is 0.177. The molecule has 0 bridgehead atoms. The lowest BCUT2D eigenvalue weighted by molar-refractivity contribution is -0.130. The van der Waals surface area contributed by atoms with Crippen molar-refractivity contribution in [2.45, 2.75) is 19.9 Å². The van der Waals surface area contributed by atoms with Crippen molar-refractivity contribution in [2.24, 2.45) is 5.73 Å². The quantitative estimate of drug-likeness (QED) is 0.650. The van der Waals surface area contributed by atoms with E-state index in [9.17, 15) is 9.59 Å². The molecule has 0 spiro atoms. The van der Waals surface area contributed by atoms with E-state index in [4.69, 9.17) is 10.5 Å². The summed E-state index contributed by atoms with van der Waals surface area (Å²) >= 11 is 0. The molecule has 0 radical (unpaired) electrons. The summed E-state index contributed by atoms with van der Waals surface area (Å²) in [4.78, 5) is 22.4. The number of hydrogen-bond acceptors (Lipinski definition) is 4. The molecule has 1 rings (SSSR count). The molecule has 1 atom stereocenters. The highest BCUT2D eigenvalue weighted by Gasteiger charge is 2.09. The van der Waals surface area contributed by atoms with Crippen LogP contribution in [0.1, 0.15) is 12.5 Å². The fraction of sp³-hybridized carbons (Fsp3) is 0.333. The fourth-order valence-electron chi connectivity index (χ4n) is 1.14. The van der Waals surface area contributed by atoms with Gasteiger partial charge in [0.05, 0.1) is 6.04 Å². The van der Waals surface area contributed by atoms with Crippen LogP contribution in [0.2, 0.25) is 0 Å². The van der Waals surface area contributed by atoms with Crippen LogP contribution in [0.4, 0.5) is 0 Å². The molecular formula is C12H17N3O3. The van der Waals surface area contributed by atoms with E-state index in [2.05, 4.69) is 10.9 Å². The zero-order valence-electron chi connectivity index (χ0n) is 10.4. The Morgan fingerprint density at radius 1 is 1.33 bits per heavy atom. The van der Waals surface area contributed by atoms with Gasteiger partial charge < -0.3 is 10.5 Å². The summed E-state index contributed by atoms with van der Waals surface area (Å²) in [5.41, 5.74) is 10.6. The number of hydrazine groups is 1. The molecule has 0 saturated heterocycles. The Kier molecular flexibility index (Phi) is 5.13. The second-order valence-corrected chi connectivity index (χ2v) is 3.88. The van der Waals surface area contributed by atoms with Gasteiger partial charge in [-0.1, -0.05) is 18.2 Å². The average molecular weight is 251 g/mol. The molecule has 18 heavy (non-hydrogen) atoms. The van der Waals surface area contributed by atoms with Crippen molar-refractivity contribution >= 4 is 11.8 Å². The first kappa shape index (κ1) is 14.0. The molecule has 2 amide bonds. The highest BCUT2D eigenvalue weighted by atomic mass is 16.5. The van der Waals surface area contributed by atoms with Crippen LogP contribution in [0.5, 0.6) is 5.75 Å². The second-order valence-electron chi connectivity index (χ2n) is 3.88. The highest BCUT2D eigenvalue weighted by Crippen LogP contribution is 2.15. The lowest BCUT2D eigenvalue weighted by atomic mass is 10.2. The van der Waals surface area contributed by atoms with Gasteiger partial charge in [0.1, 0.15) is 5.75 Å². The van der Waals surface area contributed by atoms with Gasteiger partial charge in [0.15, 0.2) is 6.61 Å². The molecular weight excluding hydrogens is 234 g/mol. The first-order valence-corrected chi connectivity index (χ1v) is 5.53. The van der Waals surface area contributed by atoms with E-state index in [1.54, 1.807) is 6.07 Å². The topological polar surface area (TPSA) is 93.5 Å². The van der Waals surface area contributed by atoms with Gasteiger partial charge in [-0.15, -0.1) is 0 Å². The zero-order valence-corrected chi connectivity index (χ0v) is 10.4. The number of carbonyl (C=O) groups excluding carboxylic acids is 2. The summed E-state index contributed by atoms with van der Waals surface area (Å²) in [5, 5.41) is 0. The predicted octanol–water partition coefficient (Wildman–Crippen LogP) is -0.132. The lowest BCUT2D eigenvalue weighted by Crippen LogP contribution is -2.49. The van der Waals surface area contributed by atoms with E-state index in [1.165, 1.54) is 6.92 Å². The van der Waals surface area contributed by atoms with Crippen molar-refractivity contribution in [3.8, 4) is 5.75 Å². The first-order valence-electron chi connectivity index (χ1n) is 5.53. The summed E-state index contributed by atoms with van der Waals surface area (Å²) in [6, 6.07) is 6.67. The van der Waals surface area contributed by atoms with Gasteiger partial charge in [0, 0.05) is 0 Å². The lowest BCUT2D eigenvalue weighted by Gasteiger charge is -2.11. The van der Waals surface area contributed by atoms with Crippen LogP contribution in [-0.2, 0) is 9.59 Å². The molecule has 6 heteroatoms. The molecule has 0 heterocycles. The molecule has 0 aromatic heterocycles. The monoisotopic (exact) mass is 251 g/mol. The van der Waals surface area contributed by atoms with Crippen LogP contribution in [0.15, 0.2) is 24.3 Å². The Morgan fingerprint density at radius 3 is 2.61 bits per heavy atom. The molecule has 0 fully saturated rings. The maximum atomic E-state index is 11.4. The van der Waals surface area contributed by atoms with E-state index in [-0.39, 0.29) is 6.61 Å². The van der Waals surface area contributed by atoms with Crippen LogP contribution in [0.3, 0.4) is 0 Å². The number of rotatable bonds is 4. The number of ether oxygens (including phenoxy) is 1. The Hall–Kier alpha value is -2.08. The Balaban J connectivity index is 2.34. The molecule has 0 saturated carbocycles. The van der Waals surface area contributed by atoms with Crippen molar-refractivity contribution < 1.29 is 14.3 Å². The van der Waals surface area contributed by atoms with E-state index in [1.807, 2.05) is 25.1 Å². The molecule has 0 aliphatic rings. The smallest absolute Gasteiger partial charge is 0.276 e. The number of benzene rings is 1. The normalized spacial score (nSPS) is 11.5. The molecule has 4 N–H and O–H groups in total. The van der Waals surface area contributed by atoms with E-state index >= 15 is 0 Å². The summed E-state index contributed by atoms with van der Waals surface area (Å²) < 4.78 is 5.30. The molecule has 98 valence electrons. The Morgan fingerprint density at radius 2 is 2.00 bits per heavy atom. The largest absolute Gasteiger partial charge is 0.483 e. The summed E-state index contributed by atoms with van der Waals surface area (Å²) in [6.45, 7) is 3.22. The molecule has 0 aliphatic heterocycles. The van der Waals surface area contributed by atoms with Crippen LogP contribution < -0.4 is 21.3 Å². The number of carbonyl (C=O) groups is 2. The third kappa shape index (κ3) is 4.42. The van der Waals surface area contributed by atoms with Crippen LogP contribution in [-0.4, -0.2) is 24.5 Å². The van der Waals surface area contributed by atoms with E-state index < -0.39 is 17.9 Å². The van der Waals surface area contributed by atoms with Crippen molar-refractivity contribution in [1.82, 2.24) is 10.9 Å². The third-order valence-corrected chi connectivity index (χ3v) is 2.19. The average Bonchev–Trinajstić information content (AvgIpc) is 2.34. The maximum Gasteiger partial charge on any atom is 0.276 e. The Labute approximate surface area is 105 Å². The molecule has 1 unspecified atom stereocenters. The van der Waals surface area contributed by atoms with Gasteiger partial charge in [0.2, 0.25) is 0 Å².